The Balaban J connectivity index is 2.47. The number of ether oxygens (including phenoxy) is 1. The van der Waals surface area contributed by atoms with E-state index in [1.54, 1.807) is 16.8 Å². The van der Waals surface area contributed by atoms with Crippen molar-refractivity contribution in [3.05, 3.63) is 46.5 Å². The zero-order valence-corrected chi connectivity index (χ0v) is 11.6. The van der Waals surface area contributed by atoms with Crippen LogP contribution < -0.4 is 10.5 Å². The summed E-state index contributed by atoms with van der Waals surface area (Å²) in [6.45, 7) is 3.81. The molecule has 0 spiro atoms. The number of halogens is 1. The third-order valence-corrected chi connectivity index (χ3v) is 3.42. The third-order valence-electron chi connectivity index (χ3n) is 3.42. The quantitative estimate of drug-likeness (QED) is 0.924. The van der Waals surface area contributed by atoms with Crippen LogP contribution in [0.25, 0.3) is 0 Å². The molecular formula is C14H18FN3O. The van der Waals surface area contributed by atoms with Gasteiger partial charge in [-0.15, -0.1) is 0 Å². The first-order valence-electron chi connectivity index (χ1n) is 6.04. The number of methoxy groups -OCH3 is 1. The van der Waals surface area contributed by atoms with Gasteiger partial charge in [-0.25, -0.2) is 4.39 Å². The summed E-state index contributed by atoms with van der Waals surface area (Å²) in [5.74, 6) is 0.114. The van der Waals surface area contributed by atoms with Crippen molar-refractivity contribution in [1.82, 2.24) is 9.78 Å². The molecule has 0 aliphatic carbocycles. The molecule has 0 bridgehead atoms. The van der Waals surface area contributed by atoms with E-state index in [-0.39, 0.29) is 5.82 Å². The zero-order valence-electron chi connectivity index (χ0n) is 11.6. The monoisotopic (exact) mass is 263 g/mol. The Kier molecular flexibility index (Phi) is 3.57. The summed E-state index contributed by atoms with van der Waals surface area (Å²) in [5, 5.41) is 4.31. The van der Waals surface area contributed by atoms with Crippen LogP contribution in [0, 0.1) is 19.7 Å². The van der Waals surface area contributed by atoms with E-state index >= 15 is 0 Å². The van der Waals surface area contributed by atoms with Crippen molar-refractivity contribution in [2.75, 3.05) is 7.11 Å². The van der Waals surface area contributed by atoms with E-state index in [0.717, 1.165) is 17.0 Å². The molecular weight excluding hydrogens is 245 g/mol. The normalized spacial score (nSPS) is 12.5. The number of aryl methyl sites for hydroxylation is 2. The molecule has 0 aliphatic rings. The summed E-state index contributed by atoms with van der Waals surface area (Å²) in [4.78, 5) is 0. The number of hydrogen-bond donors (Lipinski definition) is 1. The SMILES string of the molecule is COc1ccc(C(N)c2c(C)nn(C)c2C)c(F)c1. The van der Waals surface area contributed by atoms with Gasteiger partial charge in [-0.1, -0.05) is 6.07 Å². The maximum atomic E-state index is 14.1. The molecule has 0 amide bonds. The van der Waals surface area contributed by atoms with Gasteiger partial charge in [0.15, 0.2) is 0 Å². The summed E-state index contributed by atoms with van der Waals surface area (Å²) in [7, 11) is 3.35. The number of benzene rings is 1. The van der Waals surface area contributed by atoms with Gasteiger partial charge >= 0.3 is 0 Å². The Morgan fingerprint density at radius 2 is 2.05 bits per heavy atom. The lowest BCUT2D eigenvalue weighted by Crippen LogP contribution is -2.15. The molecule has 1 aromatic carbocycles. The first-order chi connectivity index (χ1) is 8.95. The summed E-state index contributed by atoms with van der Waals surface area (Å²) < 4.78 is 20.8. The van der Waals surface area contributed by atoms with Crippen LogP contribution in [0.15, 0.2) is 18.2 Å². The molecule has 1 unspecified atom stereocenters. The highest BCUT2D eigenvalue weighted by Crippen LogP contribution is 2.28. The Morgan fingerprint density at radius 3 is 2.53 bits per heavy atom. The van der Waals surface area contributed by atoms with Crippen molar-refractivity contribution >= 4 is 0 Å². The Labute approximate surface area is 112 Å². The van der Waals surface area contributed by atoms with Crippen LogP contribution in [0.4, 0.5) is 4.39 Å². The summed E-state index contributed by atoms with van der Waals surface area (Å²) in [6, 6.07) is 4.18. The smallest absolute Gasteiger partial charge is 0.132 e. The molecule has 0 fully saturated rings. The van der Waals surface area contributed by atoms with E-state index in [9.17, 15) is 4.39 Å². The number of rotatable bonds is 3. The van der Waals surface area contributed by atoms with Gasteiger partial charge in [-0.3, -0.25) is 4.68 Å². The van der Waals surface area contributed by atoms with Gasteiger partial charge in [0.25, 0.3) is 0 Å². The minimum absolute atomic E-state index is 0.366. The van der Waals surface area contributed by atoms with Gasteiger partial charge in [0, 0.05) is 29.9 Å². The third kappa shape index (κ3) is 2.33. The molecule has 4 nitrogen and oxygen atoms in total. The average Bonchev–Trinajstić information content (AvgIpc) is 2.62. The second kappa shape index (κ2) is 5.01. The van der Waals surface area contributed by atoms with Gasteiger partial charge in [0.05, 0.1) is 18.8 Å². The van der Waals surface area contributed by atoms with Crippen LogP contribution in [-0.2, 0) is 7.05 Å². The van der Waals surface area contributed by atoms with E-state index < -0.39 is 6.04 Å². The highest BCUT2D eigenvalue weighted by atomic mass is 19.1. The predicted molar refractivity (Wildman–Crippen MR) is 71.7 cm³/mol. The molecule has 102 valence electrons. The van der Waals surface area contributed by atoms with Gasteiger partial charge in [0.2, 0.25) is 0 Å². The second-order valence-electron chi connectivity index (χ2n) is 4.57. The molecule has 0 radical (unpaired) electrons. The van der Waals surface area contributed by atoms with Crippen LogP contribution in [0.5, 0.6) is 5.75 Å². The maximum Gasteiger partial charge on any atom is 0.132 e. The summed E-state index contributed by atoms with van der Waals surface area (Å²) in [5.41, 5.74) is 9.27. The molecule has 1 heterocycles. The van der Waals surface area contributed by atoms with E-state index in [0.29, 0.717) is 11.3 Å². The van der Waals surface area contributed by atoms with Gasteiger partial charge in [-0.05, 0) is 19.9 Å². The zero-order chi connectivity index (χ0) is 14.2. The predicted octanol–water partition coefficient (Wildman–Crippen LogP) is 2.23. The van der Waals surface area contributed by atoms with Crippen LogP contribution >= 0.6 is 0 Å². The first-order valence-corrected chi connectivity index (χ1v) is 6.04. The largest absolute Gasteiger partial charge is 0.497 e. The van der Waals surface area contributed by atoms with E-state index in [1.165, 1.54) is 13.2 Å². The molecule has 0 saturated heterocycles. The maximum absolute atomic E-state index is 14.1. The van der Waals surface area contributed by atoms with Crippen LogP contribution in [0.3, 0.4) is 0 Å². The Hall–Kier alpha value is -1.88. The molecule has 0 aliphatic heterocycles. The van der Waals surface area contributed by atoms with Crippen molar-refractivity contribution in [1.29, 1.82) is 0 Å². The van der Waals surface area contributed by atoms with Crippen molar-refractivity contribution in [3.63, 3.8) is 0 Å². The average molecular weight is 263 g/mol. The first kappa shape index (κ1) is 13.5. The summed E-state index contributed by atoms with van der Waals surface area (Å²) in [6.07, 6.45) is 0. The number of nitrogens with two attached hydrogens (primary N) is 1. The molecule has 19 heavy (non-hydrogen) atoms. The minimum atomic E-state index is -0.528. The second-order valence-corrected chi connectivity index (χ2v) is 4.57. The molecule has 2 rings (SSSR count). The van der Waals surface area contributed by atoms with E-state index in [2.05, 4.69) is 5.10 Å². The fourth-order valence-corrected chi connectivity index (χ4v) is 2.28. The fourth-order valence-electron chi connectivity index (χ4n) is 2.28. The van der Waals surface area contributed by atoms with Gasteiger partial charge in [-0.2, -0.15) is 5.10 Å². The van der Waals surface area contributed by atoms with Crippen LogP contribution in [0.2, 0.25) is 0 Å². The molecule has 2 aromatic rings. The Bertz CT molecular complexity index is 607. The topological polar surface area (TPSA) is 53.1 Å². The van der Waals surface area contributed by atoms with Crippen LogP contribution in [0.1, 0.15) is 28.6 Å². The lowest BCUT2D eigenvalue weighted by atomic mass is 9.97. The molecule has 1 atom stereocenters. The lowest BCUT2D eigenvalue weighted by molar-refractivity contribution is 0.410. The molecule has 5 heteroatoms. The number of nitrogens with zero attached hydrogens (tertiary/aromatic N) is 2. The van der Waals surface area contributed by atoms with Gasteiger partial charge in [0.1, 0.15) is 11.6 Å². The minimum Gasteiger partial charge on any atom is -0.497 e. The number of hydrogen-bond acceptors (Lipinski definition) is 3. The van der Waals surface area contributed by atoms with Crippen molar-refractivity contribution in [2.24, 2.45) is 12.8 Å². The van der Waals surface area contributed by atoms with Crippen LogP contribution in [-0.4, -0.2) is 16.9 Å². The fraction of sp³-hybridized carbons (Fsp3) is 0.357. The van der Waals surface area contributed by atoms with Crippen molar-refractivity contribution in [3.8, 4) is 5.75 Å². The van der Waals surface area contributed by atoms with Crippen molar-refractivity contribution < 1.29 is 9.13 Å². The molecule has 0 saturated carbocycles. The highest BCUT2D eigenvalue weighted by Gasteiger charge is 2.21. The molecule has 1 aromatic heterocycles. The lowest BCUT2D eigenvalue weighted by Gasteiger charge is -2.14. The number of aromatic nitrogens is 2. The molecule has 2 N–H and O–H groups in total. The van der Waals surface area contributed by atoms with Crippen molar-refractivity contribution in [2.45, 2.75) is 19.9 Å². The highest BCUT2D eigenvalue weighted by molar-refractivity contribution is 5.39. The van der Waals surface area contributed by atoms with E-state index in [1.807, 2.05) is 20.9 Å². The van der Waals surface area contributed by atoms with Gasteiger partial charge < -0.3 is 10.5 Å². The Morgan fingerprint density at radius 1 is 1.37 bits per heavy atom. The van der Waals surface area contributed by atoms with E-state index in [4.69, 9.17) is 10.5 Å². The summed E-state index contributed by atoms with van der Waals surface area (Å²) >= 11 is 0. The standard InChI is InChI=1S/C14H18FN3O/c1-8-13(9(2)18(3)17-8)14(16)11-6-5-10(19-4)7-12(11)15/h5-7,14H,16H2,1-4H3.